The molecule has 1 atom stereocenters. The molecule has 0 aliphatic rings. The Labute approximate surface area is 112 Å². The summed E-state index contributed by atoms with van der Waals surface area (Å²) in [6.07, 6.45) is 2.16. The lowest BCUT2D eigenvalue weighted by Gasteiger charge is -2.11. The first-order valence-corrected chi connectivity index (χ1v) is 6.27. The fraction of sp³-hybridized carbons (Fsp3) is 0.462. The van der Waals surface area contributed by atoms with E-state index in [-0.39, 0.29) is 11.9 Å². The largest absolute Gasteiger partial charge is 0.370 e. The Hall–Kier alpha value is -1.95. The molecule has 1 unspecified atom stereocenters. The number of hydrogen-bond donors (Lipinski definition) is 2. The third kappa shape index (κ3) is 3.08. The van der Waals surface area contributed by atoms with Gasteiger partial charge in [-0.2, -0.15) is 5.10 Å². The molecule has 102 valence electrons. The fourth-order valence-electron chi connectivity index (χ4n) is 2.11. The van der Waals surface area contributed by atoms with Crippen LogP contribution in [0.2, 0.25) is 0 Å². The highest BCUT2D eigenvalue weighted by Gasteiger charge is 2.08. The zero-order valence-corrected chi connectivity index (χ0v) is 11.5. The third-order valence-electron chi connectivity index (χ3n) is 3.08. The topological polar surface area (TPSA) is 85.8 Å². The van der Waals surface area contributed by atoms with Crippen LogP contribution in [0.3, 0.4) is 0 Å². The van der Waals surface area contributed by atoms with Crippen molar-refractivity contribution < 1.29 is 4.79 Å². The highest BCUT2D eigenvalue weighted by molar-refractivity contribution is 5.78. The quantitative estimate of drug-likeness (QED) is 0.826. The molecular formula is C13H19N5O. The van der Waals surface area contributed by atoms with Crippen LogP contribution in [-0.2, 0) is 18.4 Å². The van der Waals surface area contributed by atoms with Gasteiger partial charge in [0.05, 0.1) is 5.69 Å². The van der Waals surface area contributed by atoms with Crippen molar-refractivity contribution in [2.75, 3.05) is 0 Å². The second-order valence-electron chi connectivity index (χ2n) is 4.88. The SMILES string of the molecule is Cc1nn(C)c2ncc(CNC(C)CC(N)=O)cc12. The minimum atomic E-state index is -0.295. The van der Waals surface area contributed by atoms with E-state index in [1.165, 1.54) is 0 Å². The second-order valence-corrected chi connectivity index (χ2v) is 4.88. The average molecular weight is 261 g/mol. The summed E-state index contributed by atoms with van der Waals surface area (Å²) >= 11 is 0. The summed E-state index contributed by atoms with van der Waals surface area (Å²) in [7, 11) is 1.88. The van der Waals surface area contributed by atoms with Crippen LogP contribution in [-0.4, -0.2) is 26.7 Å². The van der Waals surface area contributed by atoms with Gasteiger partial charge >= 0.3 is 0 Å². The molecule has 0 radical (unpaired) electrons. The summed E-state index contributed by atoms with van der Waals surface area (Å²) in [6.45, 7) is 4.56. The standard InChI is InChI=1S/C13H19N5O/c1-8(4-12(14)19)15-6-10-5-11-9(2)17-18(3)13(11)16-7-10/h5,7-8,15H,4,6H2,1-3H3,(H2,14,19). The molecule has 6 nitrogen and oxygen atoms in total. The Bertz CT molecular complexity index is 604. The van der Waals surface area contributed by atoms with Gasteiger partial charge in [-0.3, -0.25) is 9.48 Å². The smallest absolute Gasteiger partial charge is 0.218 e. The molecule has 0 spiro atoms. The Morgan fingerprint density at radius 2 is 2.32 bits per heavy atom. The zero-order chi connectivity index (χ0) is 14.0. The fourth-order valence-corrected chi connectivity index (χ4v) is 2.11. The van der Waals surface area contributed by atoms with Crippen LogP contribution < -0.4 is 11.1 Å². The van der Waals surface area contributed by atoms with Crippen LogP contribution in [0.1, 0.15) is 24.6 Å². The molecule has 0 aromatic carbocycles. The number of nitrogens with two attached hydrogens (primary N) is 1. The number of amides is 1. The number of primary amides is 1. The van der Waals surface area contributed by atoms with Gasteiger partial charge in [-0.25, -0.2) is 4.98 Å². The Balaban J connectivity index is 2.09. The molecule has 2 heterocycles. The predicted octanol–water partition coefficient (Wildman–Crippen LogP) is 0.630. The lowest BCUT2D eigenvalue weighted by molar-refractivity contribution is -0.118. The van der Waals surface area contributed by atoms with E-state index in [1.807, 2.05) is 27.1 Å². The number of carbonyl (C=O) groups is 1. The minimum Gasteiger partial charge on any atom is -0.370 e. The number of aromatic nitrogens is 3. The van der Waals surface area contributed by atoms with Gasteiger partial charge in [0.25, 0.3) is 0 Å². The molecule has 6 heteroatoms. The van der Waals surface area contributed by atoms with Gasteiger partial charge in [-0.05, 0) is 25.5 Å². The molecule has 1 amide bonds. The van der Waals surface area contributed by atoms with Crippen LogP contribution in [0.5, 0.6) is 0 Å². The van der Waals surface area contributed by atoms with Crippen molar-refractivity contribution in [3.63, 3.8) is 0 Å². The van der Waals surface area contributed by atoms with Crippen LogP contribution in [0, 0.1) is 6.92 Å². The van der Waals surface area contributed by atoms with Crippen molar-refractivity contribution in [2.24, 2.45) is 12.8 Å². The Morgan fingerprint density at radius 1 is 1.58 bits per heavy atom. The normalized spacial score (nSPS) is 12.8. The molecule has 0 aliphatic heterocycles. The lowest BCUT2D eigenvalue weighted by Crippen LogP contribution is -2.30. The zero-order valence-electron chi connectivity index (χ0n) is 11.5. The molecule has 0 fully saturated rings. The van der Waals surface area contributed by atoms with Gasteiger partial charge in [0.15, 0.2) is 5.65 Å². The number of hydrogen-bond acceptors (Lipinski definition) is 4. The molecule has 2 aromatic rings. The summed E-state index contributed by atoms with van der Waals surface area (Å²) in [4.78, 5) is 15.2. The summed E-state index contributed by atoms with van der Waals surface area (Å²) < 4.78 is 1.78. The number of pyridine rings is 1. The van der Waals surface area contributed by atoms with Crippen molar-refractivity contribution in [1.82, 2.24) is 20.1 Å². The molecule has 3 N–H and O–H groups in total. The van der Waals surface area contributed by atoms with E-state index in [9.17, 15) is 4.79 Å². The van der Waals surface area contributed by atoms with Gasteiger partial charge < -0.3 is 11.1 Å². The van der Waals surface area contributed by atoms with E-state index >= 15 is 0 Å². The molecule has 0 aliphatic carbocycles. The van der Waals surface area contributed by atoms with E-state index in [0.29, 0.717) is 13.0 Å². The number of carbonyl (C=O) groups excluding carboxylic acids is 1. The lowest BCUT2D eigenvalue weighted by atomic mass is 10.2. The maximum absolute atomic E-state index is 10.8. The molecular weight excluding hydrogens is 242 g/mol. The van der Waals surface area contributed by atoms with Crippen molar-refractivity contribution >= 4 is 16.9 Å². The van der Waals surface area contributed by atoms with Gasteiger partial charge in [0.1, 0.15) is 0 Å². The number of nitrogens with zero attached hydrogens (tertiary/aromatic N) is 3. The van der Waals surface area contributed by atoms with Crippen LogP contribution in [0.25, 0.3) is 11.0 Å². The van der Waals surface area contributed by atoms with E-state index in [2.05, 4.69) is 21.5 Å². The van der Waals surface area contributed by atoms with E-state index in [0.717, 1.165) is 22.3 Å². The molecule has 2 rings (SSSR count). The van der Waals surface area contributed by atoms with Crippen LogP contribution in [0.15, 0.2) is 12.3 Å². The monoisotopic (exact) mass is 261 g/mol. The molecule has 2 aromatic heterocycles. The van der Waals surface area contributed by atoms with Crippen LogP contribution >= 0.6 is 0 Å². The highest BCUT2D eigenvalue weighted by Crippen LogP contribution is 2.16. The van der Waals surface area contributed by atoms with E-state index in [1.54, 1.807) is 4.68 Å². The summed E-state index contributed by atoms with van der Waals surface area (Å²) in [5.74, 6) is -0.295. The predicted molar refractivity (Wildman–Crippen MR) is 73.4 cm³/mol. The number of nitrogens with one attached hydrogen (secondary N) is 1. The van der Waals surface area contributed by atoms with Crippen molar-refractivity contribution in [3.05, 3.63) is 23.5 Å². The van der Waals surface area contributed by atoms with Crippen molar-refractivity contribution in [2.45, 2.75) is 32.9 Å². The maximum atomic E-state index is 10.8. The van der Waals surface area contributed by atoms with Gasteiger partial charge in [-0.1, -0.05) is 0 Å². The van der Waals surface area contributed by atoms with E-state index in [4.69, 9.17) is 5.73 Å². The number of rotatable bonds is 5. The maximum Gasteiger partial charge on any atom is 0.218 e. The Morgan fingerprint density at radius 3 is 3.00 bits per heavy atom. The van der Waals surface area contributed by atoms with Crippen molar-refractivity contribution in [1.29, 1.82) is 0 Å². The van der Waals surface area contributed by atoms with Crippen molar-refractivity contribution in [3.8, 4) is 0 Å². The average Bonchev–Trinajstić information content (AvgIpc) is 2.61. The highest BCUT2D eigenvalue weighted by atomic mass is 16.1. The minimum absolute atomic E-state index is 0.0585. The Kier molecular flexibility index (Phi) is 3.80. The van der Waals surface area contributed by atoms with Gasteiger partial charge in [0.2, 0.25) is 5.91 Å². The molecule has 19 heavy (non-hydrogen) atoms. The molecule has 0 saturated heterocycles. The summed E-state index contributed by atoms with van der Waals surface area (Å²) in [6, 6.07) is 2.14. The molecule has 0 saturated carbocycles. The third-order valence-corrected chi connectivity index (χ3v) is 3.08. The molecule has 0 bridgehead atoms. The summed E-state index contributed by atoms with van der Waals surface area (Å²) in [5.41, 5.74) is 8.08. The van der Waals surface area contributed by atoms with Gasteiger partial charge in [0, 0.05) is 37.6 Å². The first-order valence-electron chi connectivity index (χ1n) is 6.27. The van der Waals surface area contributed by atoms with E-state index < -0.39 is 0 Å². The first kappa shape index (κ1) is 13.5. The summed E-state index contributed by atoms with van der Waals surface area (Å²) in [5, 5.41) is 8.65. The number of fused-ring (bicyclic) bond motifs is 1. The first-order chi connectivity index (χ1) is 8.97. The van der Waals surface area contributed by atoms with Crippen LogP contribution in [0.4, 0.5) is 0 Å². The van der Waals surface area contributed by atoms with Gasteiger partial charge in [-0.15, -0.1) is 0 Å². The second kappa shape index (κ2) is 5.36. The number of aryl methyl sites for hydroxylation is 2.